The minimum atomic E-state index is 0.789. The van der Waals surface area contributed by atoms with Crippen molar-refractivity contribution in [2.75, 3.05) is 0 Å². The first-order valence-electron chi connectivity index (χ1n) is 5.77. The van der Waals surface area contributed by atoms with Crippen LogP contribution in [0, 0.1) is 0 Å². The first-order chi connectivity index (χ1) is 8.75. The van der Waals surface area contributed by atoms with Crippen molar-refractivity contribution in [1.29, 1.82) is 0 Å². The lowest BCUT2D eigenvalue weighted by molar-refractivity contribution is 1.78. The van der Waals surface area contributed by atoms with Crippen LogP contribution < -0.4 is 0 Å². The summed E-state index contributed by atoms with van der Waals surface area (Å²) in [5.74, 6) is 0. The Morgan fingerprint density at radius 2 is 0.889 bits per heavy atom. The smallest absolute Gasteiger partial charge is 0.0485 e. The zero-order valence-electron chi connectivity index (χ0n) is 9.37. The van der Waals surface area contributed by atoms with Gasteiger partial charge in [0, 0.05) is 20.8 Å². The van der Waals surface area contributed by atoms with Gasteiger partial charge in [-0.3, -0.25) is 0 Å². The second-order valence-electron chi connectivity index (χ2n) is 4.52. The minimum absolute atomic E-state index is 0.789. The van der Waals surface area contributed by atoms with Crippen molar-refractivity contribution < 1.29 is 0 Å². The average molecular weight is 271 g/mol. The summed E-state index contributed by atoms with van der Waals surface area (Å²) in [4.78, 5) is 0. The Kier molecular flexibility index (Phi) is 2.03. The van der Waals surface area contributed by atoms with Crippen LogP contribution in [0.5, 0.6) is 0 Å². The molecule has 0 atom stereocenters. The van der Waals surface area contributed by atoms with Crippen molar-refractivity contribution in [2.45, 2.75) is 0 Å². The van der Waals surface area contributed by atoms with Crippen molar-refractivity contribution in [3.8, 4) is 0 Å². The van der Waals surface area contributed by atoms with Crippen molar-refractivity contribution in [1.82, 2.24) is 0 Å². The first kappa shape index (κ1) is 10.4. The largest absolute Gasteiger partial charge is 0.0837 e. The SMILES string of the molecule is Clc1ccc2ccc3ccc(Cl)c4ccc1c2c34. The van der Waals surface area contributed by atoms with Crippen molar-refractivity contribution >= 4 is 55.5 Å². The Bertz CT molecular complexity index is 819. The van der Waals surface area contributed by atoms with Gasteiger partial charge < -0.3 is 0 Å². The van der Waals surface area contributed by atoms with E-state index in [0.29, 0.717) is 0 Å². The van der Waals surface area contributed by atoms with Crippen molar-refractivity contribution in [2.24, 2.45) is 0 Å². The number of hydrogen-bond acceptors (Lipinski definition) is 0. The summed E-state index contributed by atoms with van der Waals surface area (Å²) in [5, 5.41) is 8.59. The van der Waals surface area contributed by atoms with Crippen LogP contribution >= 0.6 is 23.2 Å². The maximum absolute atomic E-state index is 6.29. The van der Waals surface area contributed by atoms with Crippen LogP contribution in [0.2, 0.25) is 10.0 Å². The maximum Gasteiger partial charge on any atom is 0.0485 e. The molecular formula is C16H8Cl2. The van der Waals surface area contributed by atoms with Gasteiger partial charge in [-0.15, -0.1) is 0 Å². The summed E-state index contributed by atoms with van der Waals surface area (Å²) in [6.07, 6.45) is 0. The number of hydrogen-bond donors (Lipinski definition) is 0. The van der Waals surface area contributed by atoms with E-state index in [-0.39, 0.29) is 0 Å². The van der Waals surface area contributed by atoms with Crippen LogP contribution in [-0.2, 0) is 0 Å². The lowest BCUT2D eigenvalue weighted by Gasteiger charge is -2.12. The molecule has 4 aromatic rings. The van der Waals surface area contributed by atoms with Gasteiger partial charge in [0.15, 0.2) is 0 Å². The molecule has 86 valence electrons. The molecule has 2 heteroatoms. The molecule has 0 unspecified atom stereocenters. The lowest BCUT2D eigenvalue weighted by Crippen LogP contribution is -1.84. The fourth-order valence-electron chi connectivity index (χ4n) is 2.73. The Hall–Kier alpha value is -1.50. The summed E-state index contributed by atoms with van der Waals surface area (Å²) >= 11 is 12.6. The fourth-order valence-corrected chi connectivity index (χ4v) is 3.17. The van der Waals surface area contributed by atoms with Gasteiger partial charge in [0.2, 0.25) is 0 Å². The summed E-state index contributed by atoms with van der Waals surface area (Å²) < 4.78 is 0. The minimum Gasteiger partial charge on any atom is -0.0837 e. The van der Waals surface area contributed by atoms with Crippen LogP contribution in [0.4, 0.5) is 0 Å². The maximum atomic E-state index is 6.29. The van der Waals surface area contributed by atoms with Crippen LogP contribution in [0.3, 0.4) is 0 Å². The number of benzene rings is 4. The van der Waals surface area contributed by atoms with Crippen LogP contribution in [-0.4, -0.2) is 0 Å². The molecule has 0 amide bonds. The summed E-state index contributed by atoms with van der Waals surface area (Å²) in [6.45, 7) is 0. The monoisotopic (exact) mass is 270 g/mol. The highest BCUT2D eigenvalue weighted by Crippen LogP contribution is 2.39. The van der Waals surface area contributed by atoms with E-state index >= 15 is 0 Å². The standard InChI is InChI=1S/C16H8Cl2/c17-13-7-3-9-1-2-10-4-8-14(18)12-6-5-11(13)15(9)16(10)12/h1-8H. The third-order valence-corrected chi connectivity index (χ3v) is 4.22. The molecule has 0 heterocycles. The van der Waals surface area contributed by atoms with Gasteiger partial charge in [0.25, 0.3) is 0 Å². The van der Waals surface area contributed by atoms with E-state index in [4.69, 9.17) is 23.2 Å². The molecule has 0 aromatic heterocycles. The van der Waals surface area contributed by atoms with Gasteiger partial charge in [0.1, 0.15) is 0 Å². The van der Waals surface area contributed by atoms with Gasteiger partial charge in [-0.25, -0.2) is 0 Å². The molecular weight excluding hydrogens is 263 g/mol. The third kappa shape index (κ3) is 1.22. The molecule has 0 saturated carbocycles. The first-order valence-corrected chi connectivity index (χ1v) is 6.53. The highest BCUT2D eigenvalue weighted by molar-refractivity contribution is 6.41. The molecule has 4 rings (SSSR count). The van der Waals surface area contributed by atoms with E-state index in [2.05, 4.69) is 36.4 Å². The molecule has 0 spiro atoms. The molecule has 0 aliphatic carbocycles. The predicted octanol–water partition coefficient (Wildman–Crippen LogP) is 5.89. The molecule has 0 aliphatic heterocycles. The molecule has 0 bridgehead atoms. The molecule has 18 heavy (non-hydrogen) atoms. The Morgan fingerprint density at radius 3 is 1.33 bits per heavy atom. The normalized spacial score (nSPS) is 11.9. The zero-order valence-corrected chi connectivity index (χ0v) is 10.9. The summed E-state index contributed by atoms with van der Waals surface area (Å²) in [5.41, 5.74) is 0. The van der Waals surface area contributed by atoms with Gasteiger partial charge in [-0.05, 0) is 33.7 Å². The van der Waals surface area contributed by atoms with Gasteiger partial charge >= 0.3 is 0 Å². The van der Waals surface area contributed by atoms with Gasteiger partial charge in [-0.1, -0.05) is 59.6 Å². The van der Waals surface area contributed by atoms with Crippen molar-refractivity contribution in [3.05, 3.63) is 58.6 Å². The topological polar surface area (TPSA) is 0 Å². The Morgan fingerprint density at radius 1 is 0.500 bits per heavy atom. The molecule has 0 nitrogen and oxygen atoms in total. The second kappa shape index (κ2) is 3.50. The van der Waals surface area contributed by atoms with Crippen LogP contribution in [0.25, 0.3) is 32.3 Å². The molecule has 0 N–H and O–H groups in total. The average Bonchev–Trinajstić information content (AvgIpc) is 2.40. The van der Waals surface area contributed by atoms with Crippen molar-refractivity contribution in [3.63, 3.8) is 0 Å². The van der Waals surface area contributed by atoms with Crippen LogP contribution in [0.15, 0.2) is 48.5 Å². The zero-order chi connectivity index (χ0) is 12.3. The molecule has 4 aromatic carbocycles. The van der Waals surface area contributed by atoms with Gasteiger partial charge in [0.05, 0.1) is 0 Å². The second-order valence-corrected chi connectivity index (χ2v) is 5.33. The fraction of sp³-hybridized carbons (Fsp3) is 0. The molecule has 0 radical (unpaired) electrons. The van der Waals surface area contributed by atoms with E-state index < -0.39 is 0 Å². The van der Waals surface area contributed by atoms with E-state index in [1.54, 1.807) is 0 Å². The predicted molar refractivity (Wildman–Crippen MR) is 80.2 cm³/mol. The molecule has 0 aliphatic rings. The van der Waals surface area contributed by atoms with Gasteiger partial charge in [-0.2, -0.15) is 0 Å². The Labute approximate surface area is 114 Å². The lowest BCUT2D eigenvalue weighted by atomic mass is 9.94. The van der Waals surface area contributed by atoms with Crippen LogP contribution in [0.1, 0.15) is 0 Å². The third-order valence-electron chi connectivity index (χ3n) is 3.56. The molecule has 0 fully saturated rings. The number of rotatable bonds is 0. The highest BCUT2D eigenvalue weighted by Gasteiger charge is 2.11. The van der Waals surface area contributed by atoms with E-state index in [1.807, 2.05) is 12.1 Å². The van der Waals surface area contributed by atoms with E-state index in [1.165, 1.54) is 21.5 Å². The van der Waals surface area contributed by atoms with E-state index in [0.717, 1.165) is 20.8 Å². The number of halogens is 2. The summed E-state index contributed by atoms with van der Waals surface area (Å²) in [6, 6.07) is 16.4. The summed E-state index contributed by atoms with van der Waals surface area (Å²) in [7, 11) is 0. The quantitative estimate of drug-likeness (QED) is 0.350. The highest BCUT2D eigenvalue weighted by atomic mass is 35.5. The molecule has 0 saturated heterocycles. The van der Waals surface area contributed by atoms with E-state index in [9.17, 15) is 0 Å². The Balaban J connectivity index is 2.47.